The van der Waals surface area contributed by atoms with Gasteiger partial charge in [-0.25, -0.2) is 0 Å². The van der Waals surface area contributed by atoms with E-state index in [0.717, 1.165) is 45.5 Å². The Bertz CT molecular complexity index is 210. The van der Waals surface area contributed by atoms with Crippen molar-refractivity contribution >= 4 is 0 Å². The van der Waals surface area contributed by atoms with Crippen LogP contribution in [0, 0.1) is 5.92 Å². The minimum absolute atomic E-state index is 0.0250. The molecule has 0 aromatic carbocycles. The molecule has 2 rings (SSSR count). The van der Waals surface area contributed by atoms with Crippen molar-refractivity contribution in [2.75, 3.05) is 26.2 Å². The van der Waals surface area contributed by atoms with Crippen molar-refractivity contribution in [1.29, 1.82) is 0 Å². The van der Waals surface area contributed by atoms with Crippen molar-refractivity contribution in [1.82, 2.24) is 4.90 Å². The first kappa shape index (κ1) is 12.3. The molecule has 1 aliphatic heterocycles. The Morgan fingerprint density at radius 1 is 1.38 bits per heavy atom. The third-order valence-electron chi connectivity index (χ3n) is 4.11. The van der Waals surface area contributed by atoms with Gasteiger partial charge in [-0.05, 0) is 38.1 Å². The standard InChI is InChI=1S/C13H25NO2/c1-2-12-10-14(8-9-16-12)7-6-11-4-3-5-13(11)15/h11-13,15H,2-10H2,1H3. The van der Waals surface area contributed by atoms with Gasteiger partial charge in [-0.15, -0.1) is 0 Å². The van der Waals surface area contributed by atoms with Crippen LogP contribution in [0.3, 0.4) is 0 Å². The number of hydrogen-bond acceptors (Lipinski definition) is 3. The average Bonchev–Trinajstić information content (AvgIpc) is 2.72. The van der Waals surface area contributed by atoms with Crippen LogP contribution in [0.1, 0.15) is 39.0 Å². The fourth-order valence-corrected chi connectivity index (χ4v) is 2.93. The number of aliphatic hydroxyl groups is 1. The number of morpholine rings is 1. The fraction of sp³-hybridized carbons (Fsp3) is 1.00. The van der Waals surface area contributed by atoms with Crippen LogP contribution in [0.25, 0.3) is 0 Å². The zero-order chi connectivity index (χ0) is 11.4. The molecule has 0 radical (unpaired) electrons. The third kappa shape index (κ3) is 3.19. The number of rotatable bonds is 4. The van der Waals surface area contributed by atoms with Gasteiger partial charge in [-0.2, -0.15) is 0 Å². The monoisotopic (exact) mass is 227 g/mol. The summed E-state index contributed by atoms with van der Waals surface area (Å²) in [6, 6.07) is 0. The van der Waals surface area contributed by atoms with Crippen LogP contribution in [-0.4, -0.2) is 48.5 Å². The number of aliphatic hydroxyl groups excluding tert-OH is 1. The summed E-state index contributed by atoms with van der Waals surface area (Å²) in [7, 11) is 0. The average molecular weight is 227 g/mol. The highest BCUT2D eigenvalue weighted by atomic mass is 16.5. The van der Waals surface area contributed by atoms with Crippen LogP contribution < -0.4 is 0 Å². The second-order valence-corrected chi connectivity index (χ2v) is 5.25. The van der Waals surface area contributed by atoms with Crippen LogP contribution in [0.15, 0.2) is 0 Å². The van der Waals surface area contributed by atoms with E-state index < -0.39 is 0 Å². The summed E-state index contributed by atoms with van der Waals surface area (Å²) >= 11 is 0. The molecule has 2 aliphatic rings. The molecule has 0 aromatic heterocycles. The maximum Gasteiger partial charge on any atom is 0.0700 e. The second kappa shape index (κ2) is 5.99. The summed E-state index contributed by atoms with van der Waals surface area (Å²) in [4.78, 5) is 2.50. The molecule has 3 nitrogen and oxygen atoms in total. The molecule has 3 unspecified atom stereocenters. The lowest BCUT2D eigenvalue weighted by molar-refractivity contribution is -0.0322. The predicted octanol–water partition coefficient (Wildman–Crippen LogP) is 1.65. The van der Waals surface area contributed by atoms with Gasteiger partial charge in [-0.1, -0.05) is 13.3 Å². The van der Waals surface area contributed by atoms with E-state index in [1.807, 2.05) is 0 Å². The van der Waals surface area contributed by atoms with Crippen LogP contribution in [0.2, 0.25) is 0 Å². The number of ether oxygens (including phenoxy) is 1. The normalized spacial score (nSPS) is 36.8. The van der Waals surface area contributed by atoms with Crippen molar-refractivity contribution in [3.05, 3.63) is 0 Å². The highest BCUT2D eigenvalue weighted by Gasteiger charge is 2.26. The number of nitrogens with zero attached hydrogens (tertiary/aromatic N) is 1. The Morgan fingerprint density at radius 3 is 2.94 bits per heavy atom. The van der Waals surface area contributed by atoms with Gasteiger partial charge in [-0.3, -0.25) is 4.90 Å². The molecule has 0 aromatic rings. The molecule has 94 valence electrons. The molecule has 1 heterocycles. The van der Waals surface area contributed by atoms with Gasteiger partial charge >= 0.3 is 0 Å². The highest BCUT2D eigenvalue weighted by molar-refractivity contribution is 4.79. The minimum Gasteiger partial charge on any atom is -0.393 e. The molecular weight excluding hydrogens is 202 g/mol. The molecule has 1 saturated carbocycles. The zero-order valence-electron chi connectivity index (χ0n) is 10.4. The first-order chi connectivity index (χ1) is 7.79. The Kier molecular flexibility index (Phi) is 4.62. The maximum atomic E-state index is 9.77. The van der Waals surface area contributed by atoms with Crippen molar-refractivity contribution < 1.29 is 9.84 Å². The molecule has 3 heteroatoms. The molecule has 0 spiro atoms. The Hall–Kier alpha value is -0.120. The summed E-state index contributed by atoms with van der Waals surface area (Å²) in [5.74, 6) is 0.558. The third-order valence-corrected chi connectivity index (χ3v) is 4.11. The first-order valence-electron chi connectivity index (χ1n) is 6.81. The smallest absolute Gasteiger partial charge is 0.0700 e. The Balaban J connectivity index is 1.68. The summed E-state index contributed by atoms with van der Waals surface area (Å²) in [5, 5.41) is 9.77. The van der Waals surface area contributed by atoms with Crippen LogP contribution in [0.5, 0.6) is 0 Å². The lowest BCUT2D eigenvalue weighted by Crippen LogP contribution is -2.43. The minimum atomic E-state index is -0.0250. The predicted molar refractivity (Wildman–Crippen MR) is 64.4 cm³/mol. The first-order valence-corrected chi connectivity index (χ1v) is 6.81. The topological polar surface area (TPSA) is 32.7 Å². The van der Waals surface area contributed by atoms with Crippen molar-refractivity contribution in [2.45, 2.75) is 51.2 Å². The molecule has 0 amide bonds. The van der Waals surface area contributed by atoms with E-state index in [1.165, 1.54) is 12.8 Å². The van der Waals surface area contributed by atoms with E-state index in [-0.39, 0.29) is 6.10 Å². The summed E-state index contributed by atoms with van der Waals surface area (Å²) in [6.07, 6.45) is 6.14. The largest absolute Gasteiger partial charge is 0.393 e. The van der Waals surface area contributed by atoms with Gasteiger partial charge in [0.05, 0.1) is 18.8 Å². The van der Waals surface area contributed by atoms with Gasteiger partial charge in [0.2, 0.25) is 0 Å². The van der Waals surface area contributed by atoms with E-state index in [9.17, 15) is 5.11 Å². The van der Waals surface area contributed by atoms with E-state index in [0.29, 0.717) is 12.0 Å². The van der Waals surface area contributed by atoms with E-state index in [4.69, 9.17) is 4.74 Å². The van der Waals surface area contributed by atoms with Gasteiger partial charge in [0.1, 0.15) is 0 Å². The second-order valence-electron chi connectivity index (χ2n) is 5.25. The lowest BCUT2D eigenvalue weighted by Gasteiger charge is -2.33. The van der Waals surface area contributed by atoms with Crippen molar-refractivity contribution in [3.8, 4) is 0 Å². The van der Waals surface area contributed by atoms with Crippen molar-refractivity contribution in [2.24, 2.45) is 5.92 Å². The molecule has 1 saturated heterocycles. The van der Waals surface area contributed by atoms with Crippen molar-refractivity contribution in [3.63, 3.8) is 0 Å². The molecule has 2 fully saturated rings. The lowest BCUT2D eigenvalue weighted by atomic mass is 10.0. The molecule has 3 atom stereocenters. The van der Waals surface area contributed by atoms with E-state index in [2.05, 4.69) is 11.8 Å². The van der Waals surface area contributed by atoms with E-state index in [1.54, 1.807) is 0 Å². The zero-order valence-corrected chi connectivity index (χ0v) is 10.4. The quantitative estimate of drug-likeness (QED) is 0.792. The van der Waals surface area contributed by atoms with Crippen LogP contribution in [0.4, 0.5) is 0 Å². The Labute approximate surface area is 98.8 Å². The van der Waals surface area contributed by atoms with E-state index >= 15 is 0 Å². The van der Waals surface area contributed by atoms with Gasteiger partial charge in [0.25, 0.3) is 0 Å². The fourth-order valence-electron chi connectivity index (χ4n) is 2.93. The van der Waals surface area contributed by atoms with Gasteiger partial charge in [0, 0.05) is 13.1 Å². The molecule has 1 N–H and O–H groups in total. The highest BCUT2D eigenvalue weighted by Crippen LogP contribution is 2.28. The molecule has 16 heavy (non-hydrogen) atoms. The summed E-state index contributed by atoms with van der Waals surface area (Å²) < 4.78 is 5.66. The Morgan fingerprint density at radius 2 is 2.25 bits per heavy atom. The van der Waals surface area contributed by atoms with Gasteiger partial charge < -0.3 is 9.84 Å². The molecule has 0 bridgehead atoms. The summed E-state index contributed by atoms with van der Waals surface area (Å²) in [6.45, 7) is 6.36. The van der Waals surface area contributed by atoms with Gasteiger partial charge in [0.15, 0.2) is 0 Å². The molecule has 1 aliphatic carbocycles. The molecular formula is C13H25NO2. The van der Waals surface area contributed by atoms with Crippen LogP contribution in [-0.2, 0) is 4.74 Å². The number of hydrogen-bond donors (Lipinski definition) is 1. The summed E-state index contributed by atoms with van der Waals surface area (Å²) in [5.41, 5.74) is 0. The van der Waals surface area contributed by atoms with Crippen LogP contribution >= 0.6 is 0 Å². The maximum absolute atomic E-state index is 9.77. The SMILES string of the molecule is CCC1CN(CCC2CCCC2O)CCO1.